The molecule has 0 unspecified atom stereocenters. The highest BCUT2D eigenvalue weighted by molar-refractivity contribution is 6.07. The van der Waals surface area contributed by atoms with Crippen LogP contribution in [0.4, 0.5) is 11.4 Å². The highest BCUT2D eigenvalue weighted by Gasteiger charge is 2.27. The van der Waals surface area contributed by atoms with E-state index in [1.165, 1.54) is 25.4 Å². The Morgan fingerprint density at radius 2 is 2.04 bits per heavy atom. The first-order valence-corrected chi connectivity index (χ1v) is 8.37. The summed E-state index contributed by atoms with van der Waals surface area (Å²) in [5.41, 5.74) is 2.13. The largest absolute Gasteiger partial charge is 0.459 e. The van der Waals surface area contributed by atoms with Gasteiger partial charge in [-0.05, 0) is 42.3 Å². The first-order valence-electron chi connectivity index (χ1n) is 8.37. The second-order valence-electron chi connectivity index (χ2n) is 6.16. The zero-order chi connectivity index (χ0) is 19.0. The predicted octanol–water partition coefficient (Wildman–Crippen LogP) is 1.83. The number of anilines is 2. The summed E-state index contributed by atoms with van der Waals surface area (Å²) in [4.78, 5) is 38.0. The number of carbonyl (C=O) groups is 2. The molecule has 0 saturated carbocycles. The lowest BCUT2D eigenvalue weighted by atomic mass is 10.1. The molecule has 0 radical (unpaired) electrons. The van der Waals surface area contributed by atoms with Crippen LogP contribution in [0.3, 0.4) is 0 Å². The maximum Gasteiger partial charge on any atom is 0.293 e. The van der Waals surface area contributed by atoms with Crippen LogP contribution < -0.4 is 15.8 Å². The van der Waals surface area contributed by atoms with Crippen LogP contribution in [-0.2, 0) is 13.5 Å². The van der Waals surface area contributed by atoms with E-state index in [0.717, 1.165) is 22.4 Å². The van der Waals surface area contributed by atoms with Crippen molar-refractivity contribution in [2.45, 2.75) is 6.42 Å². The molecular formula is C19H16N4O4. The molecule has 0 fully saturated rings. The van der Waals surface area contributed by atoms with Gasteiger partial charge in [0, 0.05) is 31.0 Å². The van der Waals surface area contributed by atoms with Crippen LogP contribution in [-0.4, -0.2) is 28.1 Å². The van der Waals surface area contributed by atoms with E-state index in [-0.39, 0.29) is 22.9 Å². The van der Waals surface area contributed by atoms with Gasteiger partial charge in [0.25, 0.3) is 17.4 Å². The van der Waals surface area contributed by atoms with Crippen molar-refractivity contribution in [3.63, 3.8) is 0 Å². The topological polar surface area (TPSA) is 97.4 Å². The highest BCUT2D eigenvalue weighted by Crippen LogP contribution is 2.32. The first-order chi connectivity index (χ1) is 13.0. The third-order valence-electron chi connectivity index (χ3n) is 4.41. The van der Waals surface area contributed by atoms with E-state index in [4.69, 9.17) is 4.42 Å². The summed E-state index contributed by atoms with van der Waals surface area (Å²) < 4.78 is 6.30. The number of aromatic nitrogens is 2. The molecular weight excluding hydrogens is 348 g/mol. The van der Waals surface area contributed by atoms with E-state index in [2.05, 4.69) is 10.4 Å². The molecule has 1 aliphatic heterocycles. The Hall–Kier alpha value is -3.68. The van der Waals surface area contributed by atoms with Gasteiger partial charge in [0.15, 0.2) is 5.76 Å². The molecule has 2 aromatic heterocycles. The van der Waals surface area contributed by atoms with Crippen molar-refractivity contribution in [3.05, 3.63) is 76.1 Å². The molecule has 3 aromatic rings. The minimum Gasteiger partial charge on any atom is -0.459 e. The lowest BCUT2D eigenvalue weighted by molar-refractivity contribution is 0.0962. The summed E-state index contributed by atoms with van der Waals surface area (Å²) in [6, 6.07) is 11.4. The third kappa shape index (κ3) is 3.12. The van der Waals surface area contributed by atoms with Gasteiger partial charge in [0.05, 0.1) is 6.26 Å². The number of hydrogen-bond acceptors (Lipinski definition) is 5. The summed E-state index contributed by atoms with van der Waals surface area (Å²) in [7, 11) is 1.48. The average Bonchev–Trinajstić information content (AvgIpc) is 3.33. The molecule has 4 rings (SSSR count). The van der Waals surface area contributed by atoms with Gasteiger partial charge in [-0.2, -0.15) is 5.10 Å². The summed E-state index contributed by atoms with van der Waals surface area (Å²) in [6.07, 6.45) is 2.19. The number of fused-ring (bicyclic) bond motifs is 1. The number of carbonyl (C=O) groups excluding carboxylic acids is 2. The number of furan rings is 1. The van der Waals surface area contributed by atoms with E-state index < -0.39 is 5.91 Å². The fourth-order valence-corrected chi connectivity index (χ4v) is 3.02. The summed E-state index contributed by atoms with van der Waals surface area (Å²) in [5.74, 6) is -0.388. The van der Waals surface area contributed by atoms with Gasteiger partial charge in [-0.1, -0.05) is 6.07 Å². The van der Waals surface area contributed by atoms with Crippen LogP contribution >= 0.6 is 0 Å². The van der Waals surface area contributed by atoms with Crippen molar-refractivity contribution in [3.8, 4) is 0 Å². The number of amides is 2. The van der Waals surface area contributed by atoms with Crippen LogP contribution in [0.1, 0.15) is 26.6 Å². The van der Waals surface area contributed by atoms with Gasteiger partial charge in [-0.3, -0.25) is 14.4 Å². The minimum absolute atomic E-state index is 0.126. The van der Waals surface area contributed by atoms with E-state index >= 15 is 0 Å². The maximum absolute atomic E-state index is 12.6. The number of nitrogens with one attached hydrogen (secondary N) is 1. The predicted molar refractivity (Wildman–Crippen MR) is 98.0 cm³/mol. The van der Waals surface area contributed by atoms with E-state index in [0.29, 0.717) is 12.2 Å². The molecule has 3 heterocycles. The van der Waals surface area contributed by atoms with Crippen molar-refractivity contribution >= 4 is 23.2 Å². The number of nitrogens with zero attached hydrogens (tertiary/aromatic N) is 3. The molecule has 0 atom stereocenters. The summed E-state index contributed by atoms with van der Waals surface area (Å²) in [6.45, 7) is 0.550. The molecule has 0 saturated heterocycles. The molecule has 1 N–H and O–H groups in total. The highest BCUT2D eigenvalue weighted by atomic mass is 16.3. The fourth-order valence-electron chi connectivity index (χ4n) is 3.02. The zero-order valence-electron chi connectivity index (χ0n) is 14.5. The molecule has 0 aliphatic carbocycles. The Morgan fingerprint density at radius 3 is 2.78 bits per heavy atom. The Morgan fingerprint density at radius 1 is 1.19 bits per heavy atom. The molecule has 2 amide bonds. The second-order valence-corrected chi connectivity index (χ2v) is 6.16. The Balaban J connectivity index is 1.58. The van der Waals surface area contributed by atoms with Crippen LogP contribution in [0.15, 0.2) is 57.9 Å². The lowest BCUT2D eigenvalue weighted by Crippen LogP contribution is -2.28. The van der Waals surface area contributed by atoms with Gasteiger partial charge >= 0.3 is 0 Å². The average molecular weight is 364 g/mol. The zero-order valence-corrected chi connectivity index (χ0v) is 14.5. The van der Waals surface area contributed by atoms with Crippen LogP contribution in [0, 0.1) is 0 Å². The molecule has 1 aliphatic rings. The molecule has 136 valence electrons. The quantitative estimate of drug-likeness (QED) is 0.765. The lowest BCUT2D eigenvalue weighted by Gasteiger charge is -2.17. The van der Waals surface area contributed by atoms with Crippen LogP contribution in [0.2, 0.25) is 0 Å². The Labute approximate surface area is 154 Å². The maximum atomic E-state index is 12.6. The minimum atomic E-state index is -0.438. The van der Waals surface area contributed by atoms with Crippen molar-refractivity contribution < 1.29 is 14.0 Å². The Bertz CT molecular complexity index is 1090. The number of hydrogen-bond donors (Lipinski definition) is 1. The molecule has 0 bridgehead atoms. The van der Waals surface area contributed by atoms with E-state index in [1.807, 2.05) is 6.07 Å². The smallest absolute Gasteiger partial charge is 0.293 e. The van der Waals surface area contributed by atoms with E-state index in [9.17, 15) is 14.4 Å². The molecule has 1 aromatic carbocycles. The normalized spacial score (nSPS) is 12.7. The monoisotopic (exact) mass is 364 g/mol. The first kappa shape index (κ1) is 16.8. The van der Waals surface area contributed by atoms with Gasteiger partial charge in [-0.25, -0.2) is 4.68 Å². The molecule has 8 heteroatoms. The van der Waals surface area contributed by atoms with Gasteiger partial charge in [-0.15, -0.1) is 0 Å². The number of aryl methyl sites for hydroxylation is 1. The van der Waals surface area contributed by atoms with Gasteiger partial charge < -0.3 is 14.6 Å². The summed E-state index contributed by atoms with van der Waals surface area (Å²) in [5, 5.41) is 6.68. The summed E-state index contributed by atoms with van der Waals surface area (Å²) >= 11 is 0. The van der Waals surface area contributed by atoms with Crippen LogP contribution in [0.5, 0.6) is 0 Å². The van der Waals surface area contributed by atoms with Crippen molar-refractivity contribution in [2.24, 2.45) is 7.05 Å². The fraction of sp³-hybridized carbons (Fsp3) is 0.158. The second kappa shape index (κ2) is 6.56. The van der Waals surface area contributed by atoms with Crippen molar-refractivity contribution in [1.82, 2.24) is 9.78 Å². The third-order valence-corrected chi connectivity index (χ3v) is 4.41. The SMILES string of the molecule is Cn1nc(C(=O)Nc2ccc3c(c2)N(C(=O)c2ccco2)CC3)ccc1=O. The van der Waals surface area contributed by atoms with Crippen LogP contribution in [0.25, 0.3) is 0 Å². The Kier molecular flexibility index (Phi) is 4.08. The molecule has 8 nitrogen and oxygen atoms in total. The number of rotatable bonds is 3. The van der Waals surface area contributed by atoms with E-state index in [1.54, 1.807) is 29.2 Å². The number of benzene rings is 1. The van der Waals surface area contributed by atoms with Gasteiger partial charge in [0.1, 0.15) is 5.69 Å². The molecule has 0 spiro atoms. The standard InChI is InChI=1S/C19H16N4O4/c1-22-17(24)7-6-14(21-22)18(25)20-13-5-4-12-8-9-23(15(12)11-13)19(26)16-3-2-10-27-16/h2-7,10-11H,8-9H2,1H3,(H,20,25). The molecule has 27 heavy (non-hydrogen) atoms. The van der Waals surface area contributed by atoms with Gasteiger partial charge in [0.2, 0.25) is 0 Å². The van der Waals surface area contributed by atoms with Crippen molar-refractivity contribution in [1.29, 1.82) is 0 Å². The van der Waals surface area contributed by atoms with Crippen molar-refractivity contribution in [2.75, 3.05) is 16.8 Å².